The maximum Gasteiger partial charge on any atom is 0.273 e. The number of hydrogen-bond acceptors (Lipinski definition) is 4. The monoisotopic (exact) mass is 423 g/mol. The van der Waals surface area contributed by atoms with Crippen LogP contribution < -0.4 is 10.6 Å². The van der Waals surface area contributed by atoms with E-state index in [4.69, 9.17) is 4.52 Å². The van der Waals surface area contributed by atoms with Gasteiger partial charge in [0.15, 0.2) is 5.69 Å². The van der Waals surface area contributed by atoms with Gasteiger partial charge in [-0.05, 0) is 55.7 Å². The normalized spacial score (nSPS) is 17.8. The number of aromatic nitrogens is 1. The fourth-order valence-electron chi connectivity index (χ4n) is 4.47. The number of rotatable bonds is 9. The highest BCUT2D eigenvalue weighted by Crippen LogP contribution is 2.40. The van der Waals surface area contributed by atoms with Gasteiger partial charge in [-0.1, -0.05) is 49.9 Å². The summed E-state index contributed by atoms with van der Waals surface area (Å²) in [6.07, 6.45) is 9.95. The third kappa shape index (κ3) is 5.54. The molecule has 166 valence electrons. The minimum atomic E-state index is -0.205. The zero-order valence-corrected chi connectivity index (χ0v) is 18.4. The van der Waals surface area contributed by atoms with Crippen molar-refractivity contribution in [3.8, 4) is 0 Å². The molecule has 31 heavy (non-hydrogen) atoms. The van der Waals surface area contributed by atoms with Crippen molar-refractivity contribution in [3.05, 3.63) is 52.9 Å². The van der Waals surface area contributed by atoms with Crippen LogP contribution in [-0.4, -0.2) is 23.5 Å². The lowest BCUT2D eigenvalue weighted by Crippen LogP contribution is -2.35. The van der Waals surface area contributed by atoms with E-state index < -0.39 is 0 Å². The maximum atomic E-state index is 13.0. The minimum Gasteiger partial charge on any atom is -0.360 e. The van der Waals surface area contributed by atoms with E-state index in [9.17, 15) is 9.59 Å². The molecule has 2 fully saturated rings. The smallest absolute Gasteiger partial charge is 0.273 e. The van der Waals surface area contributed by atoms with Gasteiger partial charge in [0, 0.05) is 24.1 Å². The Morgan fingerprint density at radius 2 is 1.90 bits per heavy atom. The zero-order chi connectivity index (χ0) is 21.6. The van der Waals surface area contributed by atoms with E-state index in [0.29, 0.717) is 29.6 Å². The van der Waals surface area contributed by atoms with Crippen LogP contribution in [0, 0.1) is 5.92 Å². The van der Waals surface area contributed by atoms with Crippen molar-refractivity contribution in [2.75, 3.05) is 6.54 Å². The van der Waals surface area contributed by atoms with Crippen molar-refractivity contribution in [2.45, 2.75) is 76.7 Å². The summed E-state index contributed by atoms with van der Waals surface area (Å²) in [6.45, 7) is 2.78. The van der Waals surface area contributed by atoms with E-state index in [2.05, 4.69) is 22.7 Å². The molecule has 1 aromatic heterocycles. The molecule has 2 aliphatic rings. The standard InChI is InChI=1S/C25H33N3O3/c1-2-3-14-26-24(29)20-11-7-10-19(15-20)23(18-8-5-4-6-9-18)27-25(30)21-16-22(31-28-21)17-12-13-17/h7,10-11,15-18,23H,2-6,8-9,12-14H2,1H3,(H,26,29)(H,27,30). The van der Waals surface area contributed by atoms with E-state index in [0.717, 1.165) is 49.8 Å². The molecule has 2 amide bonds. The lowest BCUT2D eigenvalue weighted by atomic mass is 9.80. The molecule has 2 aromatic rings. The predicted octanol–water partition coefficient (Wildman–Crippen LogP) is 5.13. The molecular formula is C25H33N3O3. The van der Waals surface area contributed by atoms with Gasteiger partial charge in [-0.2, -0.15) is 0 Å². The van der Waals surface area contributed by atoms with Gasteiger partial charge in [0.05, 0.1) is 6.04 Å². The molecule has 2 N–H and O–H groups in total. The lowest BCUT2D eigenvalue weighted by molar-refractivity contribution is 0.0903. The first-order chi connectivity index (χ1) is 15.2. The number of benzene rings is 1. The number of hydrogen-bond donors (Lipinski definition) is 2. The Bertz CT molecular complexity index is 897. The molecular weight excluding hydrogens is 390 g/mol. The number of carbonyl (C=O) groups excluding carboxylic acids is 2. The second kappa shape index (κ2) is 10.1. The summed E-state index contributed by atoms with van der Waals surface area (Å²) in [5.41, 5.74) is 1.96. The summed E-state index contributed by atoms with van der Waals surface area (Å²) in [6, 6.07) is 9.33. The number of carbonyl (C=O) groups is 2. The van der Waals surface area contributed by atoms with E-state index in [1.54, 1.807) is 6.07 Å². The van der Waals surface area contributed by atoms with Crippen molar-refractivity contribution in [3.63, 3.8) is 0 Å². The summed E-state index contributed by atoms with van der Waals surface area (Å²) in [7, 11) is 0. The first-order valence-electron chi connectivity index (χ1n) is 11.8. The Balaban J connectivity index is 1.52. The van der Waals surface area contributed by atoms with Crippen LogP contribution in [-0.2, 0) is 0 Å². The van der Waals surface area contributed by atoms with E-state index >= 15 is 0 Å². The molecule has 2 aliphatic carbocycles. The highest BCUT2D eigenvalue weighted by molar-refractivity contribution is 5.94. The molecule has 1 atom stereocenters. The second-order valence-electron chi connectivity index (χ2n) is 8.97. The van der Waals surface area contributed by atoms with Crippen LogP contribution in [0.25, 0.3) is 0 Å². The second-order valence-corrected chi connectivity index (χ2v) is 8.97. The molecule has 0 bridgehead atoms. The summed E-state index contributed by atoms with van der Waals surface area (Å²) in [4.78, 5) is 25.6. The van der Waals surface area contributed by atoms with E-state index in [1.807, 2.05) is 24.3 Å². The van der Waals surface area contributed by atoms with Gasteiger partial charge in [0.25, 0.3) is 11.8 Å². The number of nitrogens with one attached hydrogen (secondary N) is 2. The SMILES string of the molecule is CCCCNC(=O)c1cccc(C(NC(=O)c2cc(C3CC3)on2)C2CCCCC2)c1. The van der Waals surface area contributed by atoms with Gasteiger partial charge < -0.3 is 15.2 Å². The molecule has 1 aromatic carbocycles. The molecule has 6 heteroatoms. The van der Waals surface area contributed by atoms with Crippen LogP contribution in [0.15, 0.2) is 34.9 Å². The van der Waals surface area contributed by atoms with Gasteiger partial charge >= 0.3 is 0 Å². The van der Waals surface area contributed by atoms with Crippen molar-refractivity contribution in [1.82, 2.24) is 15.8 Å². The minimum absolute atomic E-state index is 0.0606. The van der Waals surface area contributed by atoms with Crippen molar-refractivity contribution in [1.29, 1.82) is 0 Å². The molecule has 1 unspecified atom stereocenters. The Labute approximate surface area is 184 Å². The van der Waals surface area contributed by atoms with E-state index in [1.165, 1.54) is 19.3 Å². The Hall–Kier alpha value is -2.63. The van der Waals surface area contributed by atoms with Crippen molar-refractivity contribution >= 4 is 11.8 Å². The quantitative estimate of drug-likeness (QED) is 0.548. The first kappa shape index (κ1) is 21.6. The zero-order valence-electron chi connectivity index (χ0n) is 18.4. The lowest BCUT2D eigenvalue weighted by Gasteiger charge is -2.31. The van der Waals surface area contributed by atoms with Crippen LogP contribution in [0.5, 0.6) is 0 Å². The Morgan fingerprint density at radius 3 is 2.65 bits per heavy atom. The average Bonchev–Trinajstić information content (AvgIpc) is 3.54. The predicted molar refractivity (Wildman–Crippen MR) is 119 cm³/mol. The summed E-state index contributed by atoms with van der Waals surface area (Å²) in [5, 5.41) is 10.2. The third-order valence-electron chi connectivity index (χ3n) is 6.47. The molecule has 1 heterocycles. The third-order valence-corrected chi connectivity index (χ3v) is 6.47. The Morgan fingerprint density at radius 1 is 1.10 bits per heavy atom. The topological polar surface area (TPSA) is 84.2 Å². The van der Waals surface area contributed by atoms with Crippen LogP contribution in [0.4, 0.5) is 0 Å². The fraction of sp³-hybridized carbons (Fsp3) is 0.560. The molecule has 0 saturated heterocycles. The average molecular weight is 424 g/mol. The van der Waals surface area contributed by atoms with Crippen LogP contribution in [0.1, 0.15) is 109 Å². The number of amides is 2. The summed E-state index contributed by atoms with van der Waals surface area (Å²) in [5.74, 6) is 1.32. The maximum absolute atomic E-state index is 13.0. The summed E-state index contributed by atoms with van der Waals surface area (Å²) >= 11 is 0. The number of unbranched alkanes of at least 4 members (excludes halogenated alkanes) is 1. The highest BCUT2D eigenvalue weighted by Gasteiger charge is 2.31. The molecule has 0 radical (unpaired) electrons. The Kier molecular flexibility index (Phi) is 7.05. The molecule has 0 spiro atoms. The van der Waals surface area contributed by atoms with Gasteiger partial charge in [-0.15, -0.1) is 0 Å². The fourth-order valence-corrected chi connectivity index (χ4v) is 4.47. The molecule has 0 aliphatic heterocycles. The largest absolute Gasteiger partial charge is 0.360 e. The highest BCUT2D eigenvalue weighted by atomic mass is 16.5. The van der Waals surface area contributed by atoms with E-state index in [-0.39, 0.29) is 17.9 Å². The number of nitrogens with zero attached hydrogens (tertiary/aromatic N) is 1. The first-order valence-corrected chi connectivity index (χ1v) is 11.8. The van der Waals surface area contributed by atoms with Crippen LogP contribution >= 0.6 is 0 Å². The van der Waals surface area contributed by atoms with Gasteiger partial charge in [0.2, 0.25) is 0 Å². The van der Waals surface area contributed by atoms with Crippen LogP contribution in [0.3, 0.4) is 0 Å². The molecule has 6 nitrogen and oxygen atoms in total. The molecule has 4 rings (SSSR count). The van der Waals surface area contributed by atoms with Crippen molar-refractivity contribution in [2.24, 2.45) is 5.92 Å². The molecule has 2 saturated carbocycles. The van der Waals surface area contributed by atoms with Gasteiger partial charge in [-0.3, -0.25) is 9.59 Å². The summed E-state index contributed by atoms with van der Waals surface area (Å²) < 4.78 is 5.38. The van der Waals surface area contributed by atoms with Crippen LogP contribution in [0.2, 0.25) is 0 Å². The van der Waals surface area contributed by atoms with Gasteiger partial charge in [0.1, 0.15) is 5.76 Å². The van der Waals surface area contributed by atoms with Crippen molar-refractivity contribution < 1.29 is 14.1 Å². The van der Waals surface area contributed by atoms with Gasteiger partial charge in [-0.25, -0.2) is 0 Å².